The number of aromatic nitrogens is 1. The van der Waals surface area contributed by atoms with Crippen molar-refractivity contribution in [3.05, 3.63) is 29.6 Å². The Bertz CT molecular complexity index is 425. The molecule has 0 bridgehead atoms. The highest BCUT2D eigenvalue weighted by Crippen LogP contribution is 2.13. The van der Waals surface area contributed by atoms with Crippen LogP contribution in [0.25, 0.3) is 0 Å². The number of hydrogen-bond acceptors (Lipinski definition) is 5. The second kappa shape index (κ2) is 8.19. The molecule has 0 spiro atoms. The van der Waals surface area contributed by atoms with Crippen LogP contribution in [0.2, 0.25) is 0 Å². The molecule has 0 amide bonds. The minimum atomic E-state index is -0.340. The lowest BCUT2D eigenvalue weighted by molar-refractivity contribution is 0.0600. The summed E-state index contributed by atoms with van der Waals surface area (Å²) in [6, 6.07) is 4.24. The number of pyridine rings is 1. The van der Waals surface area contributed by atoms with E-state index in [-0.39, 0.29) is 18.4 Å². The standard InChI is InChI=1S/C14H21N3O2.ClH/c1-15-12-4-3-7-17(9-12)10-13-6-5-11(8-16-13)14(18)19-2;/h5-6,8,12,15H,3-4,7,9-10H2,1-2H3;1H. The van der Waals surface area contributed by atoms with Crippen LogP contribution in [-0.4, -0.2) is 49.1 Å². The zero-order valence-corrected chi connectivity index (χ0v) is 12.8. The first-order valence-corrected chi connectivity index (χ1v) is 6.66. The number of piperidine rings is 1. The number of rotatable bonds is 4. The van der Waals surface area contributed by atoms with Gasteiger partial charge in [-0.25, -0.2) is 4.79 Å². The van der Waals surface area contributed by atoms with Gasteiger partial charge >= 0.3 is 5.97 Å². The fourth-order valence-electron chi connectivity index (χ4n) is 2.42. The average Bonchev–Trinajstić information content (AvgIpc) is 2.47. The molecule has 0 aliphatic carbocycles. The maximum atomic E-state index is 11.3. The molecule has 1 fully saturated rings. The number of nitrogens with zero attached hydrogens (tertiary/aromatic N) is 2. The minimum absolute atomic E-state index is 0. The number of likely N-dealkylation sites (N-methyl/N-ethyl adjacent to an activating group) is 1. The molecule has 0 saturated carbocycles. The molecule has 1 aliphatic rings. The molecule has 0 radical (unpaired) electrons. The van der Waals surface area contributed by atoms with Gasteiger partial charge in [0, 0.05) is 25.3 Å². The second-order valence-electron chi connectivity index (χ2n) is 4.89. The van der Waals surface area contributed by atoms with Crippen LogP contribution in [0.3, 0.4) is 0 Å². The van der Waals surface area contributed by atoms with Crippen molar-refractivity contribution in [2.45, 2.75) is 25.4 Å². The van der Waals surface area contributed by atoms with E-state index in [1.807, 2.05) is 13.1 Å². The van der Waals surface area contributed by atoms with Crippen LogP contribution in [-0.2, 0) is 11.3 Å². The lowest BCUT2D eigenvalue weighted by Crippen LogP contribution is -2.43. The number of esters is 1. The number of ether oxygens (including phenoxy) is 1. The van der Waals surface area contributed by atoms with Crippen LogP contribution in [0.5, 0.6) is 0 Å². The van der Waals surface area contributed by atoms with Crippen molar-refractivity contribution in [3.8, 4) is 0 Å². The Hall–Kier alpha value is -1.17. The molecule has 1 aromatic rings. The van der Waals surface area contributed by atoms with E-state index >= 15 is 0 Å². The first-order valence-electron chi connectivity index (χ1n) is 6.66. The van der Waals surface area contributed by atoms with E-state index in [4.69, 9.17) is 0 Å². The van der Waals surface area contributed by atoms with Gasteiger partial charge in [0.05, 0.1) is 18.4 Å². The molecule has 1 N–H and O–H groups in total. The number of methoxy groups -OCH3 is 1. The van der Waals surface area contributed by atoms with E-state index in [1.54, 1.807) is 12.3 Å². The summed E-state index contributed by atoms with van der Waals surface area (Å²) in [4.78, 5) is 18.0. The highest BCUT2D eigenvalue weighted by molar-refractivity contribution is 5.88. The largest absolute Gasteiger partial charge is 0.465 e. The van der Waals surface area contributed by atoms with Gasteiger partial charge in [-0.1, -0.05) is 0 Å². The summed E-state index contributed by atoms with van der Waals surface area (Å²) < 4.78 is 4.66. The third-order valence-electron chi connectivity index (χ3n) is 3.55. The van der Waals surface area contributed by atoms with Gasteiger partial charge in [-0.15, -0.1) is 12.4 Å². The molecule has 2 rings (SSSR count). The highest BCUT2D eigenvalue weighted by atomic mass is 35.5. The Morgan fingerprint density at radius 2 is 2.35 bits per heavy atom. The molecule has 0 aromatic carbocycles. The van der Waals surface area contributed by atoms with Gasteiger partial charge < -0.3 is 10.1 Å². The molecular weight excluding hydrogens is 278 g/mol. The summed E-state index contributed by atoms with van der Waals surface area (Å²) >= 11 is 0. The normalized spacial score (nSPS) is 19.2. The Kier molecular flexibility index (Phi) is 6.91. The number of likely N-dealkylation sites (tertiary alicyclic amines) is 1. The number of carbonyl (C=O) groups excluding carboxylic acids is 1. The lowest BCUT2D eigenvalue weighted by Gasteiger charge is -2.32. The fourth-order valence-corrected chi connectivity index (χ4v) is 2.42. The topological polar surface area (TPSA) is 54.5 Å². The van der Waals surface area contributed by atoms with Crippen molar-refractivity contribution < 1.29 is 9.53 Å². The van der Waals surface area contributed by atoms with Crippen molar-refractivity contribution in [1.29, 1.82) is 0 Å². The minimum Gasteiger partial charge on any atom is -0.465 e. The number of hydrogen-bond donors (Lipinski definition) is 1. The smallest absolute Gasteiger partial charge is 0.339 e. The van der Waals surface area contributed by atoms with E-state index in [2.05, 4.69) is 19.9 Å². The number of carbonyl (C=O) groups is 1. The summed E-state index contributed by atoms with van der Waals surface area (Å²) in [5.74, 6) is -0.340. The summed E-state index contributed by atoms with van der Waals surface area (Å²) in [5.41, 5.74) is 1.49. The van der Waals surface area contributed by atoms with Crippen molar-refractivity contribution >= 4 is 18.4 Å². The third kappa shape index (κ3) is 4.44. The van der Waals surface area contributed by atoms with Crippen molar-refractivity contribution in [3.63, 3.8) is 0 Å². The van der Waals surface area contributed by atoms with Gasteiger partial charge in [0.25, 0.3) is 0 Å². The average molecular weight is 300 g/mol. The third-order valence-corrected chi connectivity index (χ3v) is 3.55. The Labute approximate surface area is 126 Å². The van der Waals surface area contributed by atoms with E-state index in [0.717, 1.165) is 25.3 Å². The molecule has 1 unspecified atom stereocenters. The van der Waals surface area contributed by atoms with Crippen LogP contribution in [0, 0.1) is 0 Å². The molecule has 6 heteroatoms. The van der Waals surface area contributed by atoms with Gasteiger partial charge in [-0.2, -0.15) is 0 Å². The Balaban J connectivity index is 0.00000200. The van der Waals surface area contributed by atoms with Crippen LogP contribution in [0.15, 0.2) is 18.3 Å². The van der Waals surface area contributed by atoms with Gasteiger partial charge in [0.2, 0.25) is 0 Å². The van der Waals surface area contributed by atoms with Gasteiger partial charge in [-0.3, -0.25) is 9.88 Å². The molecule has 5 nitrogen and oxygen atoms in total. The zero-order valence-electron chi connectivity index (χ0n) is 12.0. The maximum Gasteiger partial charge on any atom is 0.339 e. The molecule has 112 valence electrons. The quantitative estimate of drug-likeness (QED) is 0.854. The molecule has 20 heavy (non-hydrogen) atoms. The van der Waals surface area contributed by atoms with Gasteiger partial charge in [0.1, 0.15) is 0 Å². The summed E-state index contributed by atoms with van der Waals surface area (Å²) in [6.45, 7) is 3.00. The number of halogens is 1. The van der Waals surface area contributed by atoms with Crippen molar-refractivity contribution in [2.24, 2.45) is 0 Å². The highest BCUT2D eigenvalue weighted by Gasteiger charge is 2.18. The predicted molar refractivity (Wildman–Crippen MR) is 80.2 cm³/mol. The van der Waals surface area contributed by atoms with Crippen LogP contribution < -0.4 is 5.32 Å². The van der Waals surface area contributed by atoms with E-state index in [0.29, 0.717) is 11.6 Å². The Morgan fingerprint density at radius 3 is 2.95 bits per heavy atom. The van der Waals surface area contributed by atoms with E-state index < -0.39 is 0 Å². The van der Waals surface area contributed by atoms with Gasteiger partial charge in [0.15, 0.2) is 0 Å². The van der Waals surface area contributed by atoms with Crippen LogP contribution >= 0.6 is 12.4 Å². The zero-order chi connectivity index (χ0) is 13.7. The fraction of sp³-hybridized carbons (Fsp3) is 0.571. The molecule has 1 saturated heterocycles. The first-order chi connectivity index (χ1) is 9.22. The summed E-state index contributed by atoms with van der Waals surface area (Å²) in [5, 5.41) is 3.33. The van der Waals surface area contributed by atoms with Crippen molar-refractivity contribution in [2.75, 3.05) is 27.2 Å². The molecule has 2 heterocycles. The Morgan fingerprint density at radius 1 is 1.55 bits per heavy atom. The lowest BCUT2D eigenvalue weighted by atomic mass is 10.1. The molecule has 1 atom stereocenters. The SMILES string of the molecule is CNC1CCCN(Cc2ccc(C(=O)OC)cn2)C1.Cl. The van der Waals surface area contributed by atoms with Crippen LogP contribution in [0.4, 0.5) is 0 Å². The predicted octanol–water partition coefficient (Wildman–Crippen LogP) is 1.47. The van der Waals surface area contributed by atoms with Crippen molar-refractivity contribution in [1.82, 2.24) is 15.2 Å². The number of nitrogens with one attached hydrogen (secondary N) is 1. The molecule has 1 aliphatic heterocycles. The van der Waals surface area contributed by atoms with Gasteiger partial charge in [-0.05, 0) is 38.6 Å². The van der Waals surface area contributed by atoms with E-state index in [1.165, 1.54) is 20.0 Å². The van der Waals surface area contributed by atoms with E-state index in [9.17, 15) is 4.79 Å². The maximum absolute atomic E-state index is 11.3. The summed E-state index contributed by atoms with van der Waals surface area (Å²) in [7, 11) is 3.39. The second-order valence-corrected chi connectivity index (χ2v) is 4.89. The molecular formula is C14H22ClN3O2. The first kappa shape index (κ1) is 16.9. The molecule has 1 aromatic heterocycles. The van der Waals surface area contributed by atoms with Crippen LogP contribution in [0.1, 0.15) is 28.9 Å². The monoisotopic (exact) mass is 299 g/mol. The summed E-state index contributed by atoms with van der Waals surface area (Å²) in [6.07, 6.45) is 4.04.